The lowest BCUT2D eigenvalue weighted by molar-refractivity contribution is -0.463. The molecule has 6 nitrogen and oxygen atoms in total. The summed E-state index contributed by atoms with van der Waals surface area (Å²) in [6.07, 6.45) is 2.10. The maximum absolute atomic E-state index is 7.99. The van der Waals surface area contributed by atoms with Crippen LogP contribution in [0.4, 0.5) is 0 Å². The molecule has 0 aromatic rings. The van der Waals surface area contributed by atoms with Crippen LogP contribution in [0, 0.1) is 23.0 Å². The first-order valence-corrected chi connectivity index (χ1v) is 1.42. The highest BCUT2D eigenvalue weighted by molar-refractivity contribution is 4.42. The van der Waals surface area contributed by atoms with Crippen LogP contribution in [0.1, 0.15) is 0 Å². The van der Waals surface area contributed by atoms with Crippen molar-refractivity contribution >= 4 is 0 Å². The van der Waals surface area contributed by atoms with Crippen molar-refractivity contribution < 1.29 is 14.9 Å². The van der Waals surface area contributed by atoms with Crippen LogP contribution in [0.25, 0.3) is 0 Å². The molecular weight excluding hydrogens is 114 g/mol. The van der Waals surface area contributed by atoms with Gasteiger partial charge in [-0.1, -0.05) is 0 Å². The monoisotopic (exact) mass is 115 g/mol. The molecule has 0 spiro atoms. The molecule has 0 aromatic carbocycles. The summed E-state index contributed by atoms with van der Waals surface area (Å²) in [4.78, 5) is 7.06. The molecule has 0 saturated carbocycles. The van der Waals surface area contributed by atoms with Crippen LogP contribution in [0.5, 0.6) is 0 Å². The molecule has 0 aliphatic heterocycles. The lowest BCUT2D eigenvalue weighted by Crippen LogP contribution is -2.14. The topological polar surface area (TPSA) is 89.5 Å². The van der Waals surface area contributed by atoms with Gasteiger partial charge in [0.15, 0.2) is 5.39 Å². The Morgan fingerprint density at radius 3 is 1.88 bits per heavy atom. The van der Waals surface area contributed by atoms with Crippen LogP contribution in [0.15, 0.2) is 0 Å². The van der Waals surface area contributed by atoms with E-state index >= 15 is 0 Å². The number of rotatable bonds is 2. The summed E-state index contributed by atoms with van der Waals surface area (Å²) in [6, 6.07) is 0. The molecular formula is C2HN3O3. The molecule has 8 heavy (non-hydrogen) atoms. The van der Waals surface area contributed by atoms with Gasteiger partial charge in [-0.15, -0.1) is 10.5 Å². The summed E-state index contributed by atoms with van der Waals surface area (Å²) in [5, 5.41) is 22.8. The third kappa shape index (κ3) is 2.72. The first kappa shape index (κ1) is 6.50. The Balaban J connectivity index is 3.25. The second kappa shape index (κ2) is 3.68. The minimum absolute atomic E-state index is 0.361. The molecule has 0 radical (unpaired) electrons. The second-order valence-electron chi connectivity index (χ2n) is 0.603. The molecule has 0 fully saturated rings. The predicted molar refractivity (Wildman–Crippen MR) is 17.0 cm³/mol. The molecule has 0 amide bonds. The quantitative estimate of drug-likeness (QED) is 0.385. The average molecular weight is 115 g/mol. The van der Waals surface area contributed by atoms with Crippen LogP contribution in [0.2, 0.25) is 0 Å². The first-order valence-electron chi connectivity index (χ1n) is 1.42. The molecule has 0 unspecified atom stereocenters. The maximum atomic E-state index is 7.99. The van der Waals surface area contributed by atoms with E-state index in [9.17, 15) is 0 Å². The van der Waals surface area contributed by atoms with Crippen molar-refractivity contribution in [3.63, 3.8) is 0 Å². The average Bonchev–Trinajstić information content (AvgIpc) is 1.68. The van der Waals surface area contributed by atoms with E-state index in [4.69, 9.17) is 15.7 Å². The number of nitrogens with zero attached hydrogens (tertiary/aromatic N) is 3. The van der Waals surface area contributed by atoms with Gasteiger partial charge in [0, 0.05) is 0 Å². The fraction of sp³-hybridized carbons (Fsp3) is 0. The van der Waals surface area contributed by atoms with E-state index in [1.165, 1.54) is 0 Å². The SMILES string of the molecule is N#CON(O)OC#N. The first-order chi connectivity index (χ1) is 3.81. The Morgan fingerprint density at radius 2 is 1.62 bits per heavy atom. The van der Waals surface area contributed by atoms with Gasteiger partial charge in [0.05, 0.1) is 0 Å². The molecule has 0 atom stereocenters. The highest BCUT2D eigenvalue weighted by Crippen LogP contribution is 1.79. The number of hydrogen-bond donors (Lipinski definition) is 1. The highest BCUT2D eigenvalue weighted by atomic mass is 17.1. The summed E-state index contributed by atoms with van der Waals surface area (Å²) in [5.74, 6) is 0. The van der Waals surface area contributed by atoms with E-state index in [1.807, 2.05) is 0 Å². The van der Waals surface area contributed by atoms with Crippen LogP contribution >= 0.6 is 0 Å². The van der Waals surface area contributed by atoms with E-state index in [0.717, 1.165) is 12.5 Å². The Labute approximate surface area is 44.5 Å². The minimum Gasteiger partial charge on any atom is -0.264 e. The third-order valence-corrected chi connectivity index (χ3v) is 0.238. The van der Waals surface area contributed by atoms with Gasteiger partial charge in [-0.05, 0) is 0 Å². The molecule has 6 heteroatoms. The zero-order valence-electron chi connectivity index (χ0n) is 3.61. The van der Waals surface area contributed by atoms with Gasteiger partial charge in [0.2, 0.25) is 0 Å². The van der Waals surface area contributed by atoms with E-state index in [0.29, 0.717) is 0 Å². The Hall–Kier alpha value is -1.50. The molecule has 0 bridgehead atoms. The third-order valence-electron chi connectivity index (χ3n) is 0.238. The van der Waals surface area contributed by atoms with Crippen LogP contribution < -0.4 is 0 Å². The summed E-state index contributed by atoms with van der Waals surface area (Å²) in [5.41, 5.74) is 0. The van der Waals surface area contributed by atoms with Crippen molar-refractivity contribution in [3.05, 3.63) is 0 Å². The van der Waals surface area contributed by atoms with Crippen LogP contribution in [0.3, 0.4) is 0 Å². The molecule has 1 N–H and O–H groups in total. The Morgan fingerprint density at radius 1 is 1.25 bits per heavy atom. The smallest absolute Gasteiger partial charge is 0.264 e. The van der Waals surface area contributed by atoms with Gasteiger partial charge < -0.3 is 0 Å². The van der Waals surface area contributed by atoms with Crippen molar-refractivity contribution in [2.75, 3.05) is 0 Å². The van der Waals surface area contributed by atoms with E-state index in [2.05, 4.69) is 9.68 Å². The summed E-state index contributed by atoms with van der Waals surface area (Å²) in [6.45, 7) is 0. The van der Waals surface area contributed by atoms with Gasteiger partial charge >= 0.3 is 12.5 Å². The maximum Gasteiger partial charge on any atom is 0.312 e. The Bertz CT molecular complexity index is 116. The van der Waals surface area contributed by atoms with Gasteiger partial charge in [-0.2, -0.15) is 0 Å². The fourth-order valence-electron chi connectivity index (χ4n) is 0.0885. The minimum atomic E-state index is -0.361. The van der Waals surface area contributed by atoms with Gasteiger partial charge in [0.1, 0.15) is 0 Å². The van der Waals surface area contributed by atoms with Gasteiger partial charge in [-0.25, -0.2) is 5.21 Å². The zero-order valence-corrected chi connectivity index (χ0v) is 3.61. The standard InChI is InChI=1S/C2HN3O3/c3-1-7-5(6)8-2-4/h6H. The zero-order chi connectivity index (χ0) is 6.41. The molecule has 0 rings (SSSR count). The molecule has 0 heterocycles. The van der Waals surface area contributed by atoms with Crippen molar-refractivity contribution in [1.82, 2.24) is 5.39 Å². The van der Waals surface area contributed by atoms with Crippen LogP contribution in [-0.2, 0) is 9.68 Å². The van der Waals surface area contributed by atoms with E-state index < -0.39 is 0 Å². The van der Waals surface area contributed by atoms with E-state index in [-0.39, 0.29) is 5.39 Å². The molecule has 0 aromatic heterocycles. The van der Waals surface area contributed by atoms with Crippen molar-refractivity contribution in [3.8, 4) is 12.5 Å². The lowest BCUT2D eigenvalue weighted by atomic mass is 11.6. The summed E-state index contributed by atoms with van der Waals surface area (Å²) < 4.78 is 0. The molecule has 42 valence electrons. The second-order valence-corrected chi connectivity index (χ2v) is 0.603. The summed E-state index contributed by atoms with van der Waals surface area (Å²) in [7, 11) is 0. The van der Waals surface area contributed by atoms with E-state index in [1.54, 1.807) is 0 Å². The predicted octanol–water partition coefficient (Wildman–Crippen LogP) is -0.497. The fourth-order valence-corrected chi connectivity index (χ4v) is 0.0885. The summed E-state index contributed by atoms with van der Waals surface area (Å²) >= 11 is 0. The van der Waals surface area contributed by atoms with Crippen LogP contribution in [-0.4, -0.2) is 10.6 Å². The van der Waals surface area contributed by atoms with Crippen molar-refractivity contribution in [1.29, 1.82) is 10.5 Å². The van der Waals surface area contributed by atoms with Crippen molar-refractivity contribution in [2.24, 2.45) is 0 Å². The lowest BCUT2D eigenvalue weighted by Gasteiger charge is -1.98. The molecule has 0 aliphatic rings. The van der Waals surface area contributed by atoms with Gasteiger partial charge in [0.25, 0.3) is 0 Å². The molecule has 0 saturated heterocycles. The van der Waals surface area contributed by atoms with Crippen molar-refractivity contribution in [2.45, 2.75) is 0 Å². The highest BCUT2D eigenvalue weighted by Gasteiger charge is 1.96. The molecule has 0 aliphatic carbocycles. The number of hydrogen-bond acceptors (Lipinski definition) is 6. The number of nitriles is 2. The van der Waals surface area contributed by atoms with Gasteiger partial charge in [-0.3, -0.25) is 9.68 Å². The Kier molecular flexibility index (Phi) is 2.99. The normalized spacial score (nSPS) is 7.00. The largest absolute Gasteiger partial charge is 0.312 e.